The summed E-state index contributed by atoms with van der Waals surface area (Å²) in [5, 5.41) is 8.77. The SMILES string of the molecule is Cc1ccccc1C(N)c1cnn(-c2ccccc2)n1. The largest absolute Gasteiger partial charge is 0.319 e. The lowest BCUT2D eigenvalue weighted by atomic mass is 10.0. The fourth-order valence-corrected chi connectivity index (χ4v) is 2.20. The average Bonchev–Trinajstić information content (AvgIpc) is 2.98. The van der Waals surface area contributed by atoms with Gasteiger partial charge >= 0.3 is 0 Å². The minimum Gasteiger partial charge on any atom is -0.319 e. The summed E-state index contributed by atoms with van der Waals surface area (Å²) in [6.45, 7) is 2.05. The lowest BCUT2D eigenvalue weighted by Gasteiger charge is -2.11. The molecule has 1 unspecified atom stereocenters. The molecule has 0 spiro atoms. The minimum absolute atomic E-state index is 0.256. The van der Waals surface area contributed by atoms with E-state index in [2.05, 4.69) is 23.2 Å². The van der Waals surface area contributed by atoms with Crippen LogP contribution in [-0.4, -0.2) is 15.0 Å². The molecule has 0 aliphatic rings. The van der Waals surface area contributed by atoms with Crippen LogP contribution in [0.5, 0.6) is 0 Å². The quantitative estimate of drug-likeness (QED) is 0.791. The van der Waals surface area contributed by atoms with Gasteiger partial charge in [0.05, 0.1) is 17.9 Å². The molecule has 0 radical (unpaired) electrons. The second-order valence-corrected chi connectivity index (χ2v) is 4.73. The van der Waals surface area contributed by atoms with E-state index in [4.69, 9.17) is 5.73 Å². The third-order valence-electron chi connectivity index (χ3n) is 3.34. The van der Waals surface area contributed by atoms with E-state index in [0.29, 0.717) is 0 Å². The molecule has 1 aromatic heterocycles. The summed E-state index contributed by atoms with van der Waals surface area (Å²) < 4.78 is 0. The first-order chi connectivity index (χ1) is 9.75. The summed E-state index contributed by atoms with van der Waals surface area (Å²) >= 11 is 0. The number of para-hydroxylation sites is 1. The molecule has 0 bridgehead atoms. The molecule has 3 aromatic rings. The number of aromatic nitrogens is 3. The highest BCUT2D eigenvalue weighted by atomic mass is 15.5. The Kier molecular flexibility index (Phi) is 3.31. The Morgan fingerprint density at radius 2 is 1.70 bits per heavy atom. The van der Waals surface area contributed by atoms with Crippen LogP contribution in [0.3, 0.4) is 0 Å². The third kappa shape index (κ3) is 2.33. The van der Waals surface area contributed by atoms with E-state index in [9.17, 15) is 0 Å². The Hall–Kier alpha value is -2.46. The normalized spacial score (nSPS) is 12.3. The number of rotatable bonds is 3. The minimum atomic E-state index is -0.256. The highest BCUT2D eigenvalue weighted by Gasteiger charge is 2.15. The summed E-state index contributed by atoms with van der Waals surface area (Å²) in [5.74, 6) is 0. The first kappa shape index (κ1) is 12.6. The van der Waals surface area contributed by atoms with E-state index in [0.717, 1.165) is 22.5 Å². The molecule has 0 aliphatic carbocycles. The molecular weight excluding hydrogens is 248 g/mol. The molecule has 2 N–H and O–H groups in total. The Bertz CT molecular complexity index is 703. The van der Waals surface area contributed by atoms with Crippen molar-refractivity contribution in [2.45, 2.75) is 13.0 Å². The van der Waals surface area contributed by atoms with Crippen LogP contribution in [-0.2, 0) is 0 Å². The zero-order chi connectivity index (χ0) is 13.9. The molecule has 1 atom stereocenters. The van der Waals surface area contributed by atoms with E-state index in [1.165, 1.54) is 0 Å². The molecule has 3 rings (SSSR count). The van der Waals surface area contributed by atoms with Crippen LogP contribution in [0.4, 0.5) is 0 Å². The van der Waals surface area contributed by atoms with Crippen molar-refractivity contribution in [3.8, 4) is 5.69 Å². The molecule has 1 heterocycles. The summed E-state index contributed by atoms with van der Waals surface area (Å²) in [6, 6.07) is 17.6. The molecule has 0 fully saturated rings. The lowest BCUT2D eigenvalue weighted by molar-refractivity contribution is 0.718. The van der Waals surface area contributed by atoms with Crippen molar-refractivity contribution in [2.75, 3.05) is 0 Å². The van der Waals surface area contributed by atoms with Gasteiger partial charge in [-0.3, -0.25) is 0 Å². The van der Waals surface area contributed by atoms with Gasteiger partial charge in [-0.1, -0.05) is 42.5 Å². The maximum atomic E-state index is 6.29. The first-order valence-electron chi connectivity index (χ1n) is 6.54. The van der Waals surface area contributed by atoms with Gasteiger partial charge in [0.25, 0.3) is 0 Å². The topological polar surface area (TPSA) is 56.7 Å². The maximum Gasteiger partial charge on any atom is 0.104 e. The van der Waals surface area contributed by atoms with Gasteiger partial charge in [-0.2, -0.15) is 15.0 Å². The van der Waals surface area contributed by atoms with Crippen molar-refractivity contribution in [2.24, 2.45) is 5.73 Å². The van der Waals surface area contributed by atoms with Gasteiger partial charge in [0.1, 0.15) is 5.69 Å². The summed E-state index contributed by atoms with van der Waals surface area (Å²) in [6.07, 6.45) is 1.73. The van der Waals surface area contributed by atoms with Crippen molar-refractivity contribution in [1.29, 1.82) is 0 Å². The van der Waals surface area contributed by atoms with Crippen LogP contribution in [0, 0.1) is 6.92 Å². The van der Waals surface area contributed by atoms with Crippen molar-refractivity contribution in [3.63, 3.8) is 0 Å². The Morgan fingerprint density at radius 1 is 1.00 bits per heavy atom. The number of hydrogen-bond donors (Lipinski definition) is 1. The molecule has 100 valence electrons. The monoisotopic (exact) mass is 264 g/mol. The zero-order valence-electron chi connectivity index (χ0n) is 11.3. The highest BCUT2D eigenvalue weighted by Crippen LogP contribution is 2.20. The van der Waals surface area contributed by atoms with E-state index >= 15 is 0 Å². The number of nitrogens with zero attached hydrogens (tertiary/aromatic N) is 3. The highest BCUT2D eigenvalue weighted by molar-refractivity contribution is 5.34. The number of benzene rings is 2. The van der Waals surface area contributed by atoms with Gasteiger partial charge in [-0.15, -0.1) is 0 Å². The first-order valence-corrected chi connectivity index (χ1v) is 6.54. The molecule has 0 saturated heterocycles. The van der Waals surface area contributed by atoms with Crippen LogP contribution in [0.25, 0.3) is 5.69 Å². The molecule has 2 aromatic carbocycles. The van der Waals surface area contributed by atoms with Gasteiger partial charge in [-0.05, 0) is 30.2 Å². The number of nitrogens with two attached hydrogens (primary N) is 1. The summed E-state index contributed by atoms with van der Waals surface area (Å²) in [7, 11) is 0. The van der Waals surface area contributed by atoms with Crippen molar-refractivity contribution in [3.05, 3.63) is 77.6 Å². The Labute approximate surface area is 117 Å². The fourth-order valence-electron chi connectivity index (χ4n) is 2.20. The van der Waals surface area contributed by atoms with Gasteiger partial charge < -0.3 is 5.73 Å². The standard InChI is InChI=1S/C16H16N4/c1-12-7-5-6-10-14(12)16(17)15-11-18-20(19-15)13-8-3-2-4-9-13/h2-11,16H,17H2,1H3. The molecular formula is C16H16N4. The van der Waals surface area contributed by atoms with Crippen LogP contribution in [0.2, 0.25) is 0 Å². The predicted molar refractivity (Wildman–Crippen MR) is 78.6 cm³/mol. The van der Waals surface area contributed by atoms with Gasteiger partial charge in [-0.25, -0.2) is 0 Å². The van der Waals surface area contributed by atoms with Gasteiger partial charge in [0.2, 0.25) is 0 Å². The average molecular weight is 264 g/mol. The number of hydrogen-bond acceptors (Lipinski definition) is 3. The van der Waals surface area contributed by atoms with Crippen molar-refractivity contribution in [1.82, 2.24) is 15.0 Å². The van der Waals surface area contributed by atoms with Crippen molar-refractivity contribution < 1.29 is 0 Å². The lowest BCUT2D eigenvalue weighted by Crippen LogP contribution is -2.14. The van der Waals surface area contributed by atoms with Crippen LogP contribution in [0.15, 0.2) is 60.8 Å². The molecule has 4 heteroatoms. The fraction of sp³-hybridized carbons (Fsp3) is 0.125. The van der Waals surface area contributed by atoms with E-state index in [1.807, 2.05) is 48.5 Å². The predicted octanol–water partition coefficient (Wildman–Crippen LogP) is 2.62. The Morgan fingerprint density at radius 3 is 2.45 bits per heavy atom. The third-order valence-corrected chi connectivity index (χ3v) is 3.34. The zero-order valence-corrected chi connectivity index (χ0v) is 11.3. The number of aryl methyl sites for hydroxylation is 1. The van der Waals surface area contributed by atoms with Crippen molar-refractivity contribution >= 4 is 0 Å². The molecule has 20 heavy (non-hydrogen) atoms. The van der Waals surface area contributed by atoms with Gasteiger partial charge in [0.15, 0.2) is 0 Å². The van der Waals surface area contributed by atoms with Crippen LogP contribution >= 0.6 is 0 Å². The van der Waals surface area contributed by atoms with E-state index in [1.54, 1.807) is 11.0 Å². The van der Waals surface area contributed by atoms with E-state index < -0.39 is 0 Å². The second-order valence-electron chi connectivity index (χ2n) is 4.73. The van der Waals surface area contributed by atoms with Crippen LogP contribution in [0.1, 0.15) is 22.9 Å². The van der Waals surface area contributed by atoms with Crippen LogP contribution < -0.4 is 5.73 Å². The molecule has 4 nitrogen and oxygen atoms in total. The maximum absolute atomic E-state index is 6.29. The molecule has 0 aliphatic heterocycles. The summed E-state index contributed by atoms with van der Waals surface area (Å²) in [4.78, 5) is 1.60. The Balaban J connectivity index is 1.93. The van der Waals surface area contributed by atoms with Gasteiger partial charge in [0, 0.05) is 0 Å². The van der Waals surface area contributed by atoms with E-state index in [-0.39, 0.29) is 6.04 Å². The molecule has 0 amide bonds. The molecule has 0 saturated carbocycles. The smallest absolute Gasteiger partial charge is 0.104 e. The second kappa shape index (κ2) is 5.27. The summed E-state index contributed by atoms with van der Waals surface area (Å²) in [5.41, 5.74) is 10.2.